The molecule has 0 heterocycles. The average Bonchev–Trinajstić information content (AvgIpc) is 2.60. The van der Waals surface area contributed by atoms with E-state index in [4.69, 9.17) is 5.11 Å². The molecule has 0 spiro atoms. The normalized spacial score (nSPS) is 12.4. The van der Waals surface area contributed by atoms with E-state index in [-0.39, 0.29) is 6.42 Å². The third kappa shape index (κ3) is 6.63. The first-order chi connectivity index (χ1) is 12.7. The second-order valence-corrected chi connectivity index (χ2v) is 7.25. The zero-order chi connectivity index (χ0) is 20.0. The minimum Gasteiger partial charge on any atom is -0.480 e. The molecule has 0 aliphatic rings. The molecule has 1 unspecified atom stereocenters. The Kier molecular flexibility index (Phi) is 6.90. The van der Waals surface area contributed by atoms with Crippen molar-refractivity contribution in [1.82, 2.24) is 0 Å². The molecule has 0 bridgehead atoms. The van der Waals surface area contributed by atoms with E-state index in [1.54, 1.807) is 42.5 Å². The van der Waals surface area contributed by atoms with Crippen molar-refractivity contribution in [3.05, 3.63) is 59.7 Å². The molecular formula is C19H18F3NO3S. The van der Waals surface area contributed by atoms with Crippen LogP contribution in [0.15, 0.2) is 53.4 Å². The Morgan fingerprint density at radius 1 is 1.15 bits per heavy atom. The number of alkyl halides is 3. The van der Waals surface area contributed by atoms with Crippen LogP contribution >= 0.6 is 11.8 Å². The van der Waals surface area contributed by atoms with E-state index in [2.05, 4.69) is 5.32 Å². The molecule has 1 atom stereocenters. The molecule has 2 rings (SSSR count). The van der Waals surface area contributed by atoms with Gasteiger partial charge in [-0.3, -0.25) is 9.59 Å². The van der Waals surface area contributed by atoms with Crippen LogP contribution in [0.5, 0.6) is 0 Å². The Hall–Kier alpha value is -2.48. The number of thioether (sulfide) groups is 1. The molecule has 144 valence electrons. The first-order valence-electron chi connectivity index (χ1n) is 8.11. The molecule has 4 nitrogen and oxygen atoms in total. The lowest BCUT2D eigenvalue weighted by Crippen LogP contribution is -2.16. The van der Waals surface area contributed by atoms with E-state index in [0.29, 0.717) is 21.7 Å². The van der Waals surface area contributed by atoms with Crippen molar-refractivity contribution in [2.24, 2.45) is 0 Å². The van der Waals surface area contributed by atoms with Gasteiger partial charge < -0.3 is 10.4 Å². The predicted molar refractivity (Wildman–Crippen MR) is 98.2 cm³/mol. The van der Waals surface area contributed by atoms with Gasteiger partial charge in [0.15, 0.2) is 0 Å². The van der Waals surface area contributed by atoms with E-state index in [1.165, 1.54) is 13.0 Å². The summed E-state index contributed by atoms with van der Waals surface area (Å²) in [6, 6.07) is 12.8. The molecular weight excluding hydrogens is 379 g/mol. The van der Waals surface area contributed by atoms with Crippen LogP contribution in [0.3, 0.4) is 0 Å². The molecule has 0 saturated heterocycles. The van der Waals surface area contributed by atoms with Crippen LogP contribution in [0, 0.1) is 0 Å². The van der Waals surface area contributed by atoms with Crippen molar-refractivity contribution in [3.8, 4) is 0 Å². The van der Waals surface area contributed by atoms with Gasteiger partial charge in [-0.05, 0) is 43.2 Å². The standard InChI is InChI=1S/C19H18F3NO3S/c1-12(18(25)26)27-16-8-3-2-7-15(16)17(24)23-14-6-4-5-13(11-14)9-10-19(20,21)22/h2-8,11-12H,9-10H2,1H3,(H,23,24)(H,25,26). The van der Waals surface area contributed by atoms with Gasteiger partial charge in [-0.15, -0.1) is 11.8 Å². The van der Waals surface area contributed by atoms with Crippen LogP contribution in [-0.4, -0.2) is 28.4 Å². The van der Waals surface area contributed by atoms with Gasteiger partial charge in [0.25, 0.3) is 5.91 Å². The van der Waals surface area contributed by atoms with Crippen LogP contribution in [-0.2, 0) is 11.2 Å². The fourth-order valence-electron chi connectivity index (χ4n) is 2.29. The highest BCUT2D eigenvalue weighted by atomic mass is 32.2. The monoisotopic (exact) mass is 397 g/mol. The molecule has 2 aromatic carbocycles. The van der Waals surface area contributed by atoms with Gasteiger partial charge in [0.05, 0.1) is 5.56 Å². The molecule has 0 aliphatic carbocycles. The third-order valence-electron chi connectivity index (χ3n) is 3.67. The molecule has 2 N–H and O–H groups in total. The second kappa shape index (κ2) is 8.94. The summed E-state index contributed by atoms with van der Waals surface area (Å²) >= 11 is 1.05. The molecule has 8 heteroatoms. The van der Waals surface area contributed by atoms with Crippen LogP contribution < -0.4 is 5.32 Å². The average molecular weight is 397 g/mol. The Morgan fingerprint density at radius 3 is 2.52 bits per heavy atom. The number of hydrogen-bond donors (Lipinski definition) is 2. The van der Waals surface area contributed by atoms with E-state index in [0.717, 1.165) is 11.8 Å². The molecule has 1 amide bonds. The van der Waals surface area contributed by atoms with Crippen molar-refractivity contribution < 1.29 is 27.9 Å². The highest BCUT2D eigenvalue weighted by Gasteiger charge is 2.26. The van der Waals surface area contributed by atoms with Crippen molar-refractivity contribution in [2.75, 3.05) is 5.32 Å². The number of carbonyl (C=O) groups excluding carboxylic acids is 1. The number of anilines is 1. The lowest BCUT2D eigenvalue weighted by molar-refractivity contribution is -0.136. The Balaban J connectivity index is 2.13. The Morgan fingerprint density at radius 2 is 1.85 bits per heavy atom. The fraction of sp³-hybridized carbons (Fsp3) is 0.263. The van der Waals surface area contributed by atoms with E-state index < -0.39 is 29.7 Å². The van der Waals surface area contributed by atoms with E-state index in [9.17, 15) is 22.8 Å². The number of rotatable bonds is 7. The number of benzene rings is 2. The van der Waals surface area contributed by atoms with E-state index in [1.807, 2.05) is 0 Å². The summed E-state index contributed by atoms with van der Waals surface area (Å²) in [5, 5.41) is 11.0. The van der Waals surface area contributed by atoms with Crippen LogP contribution in [0.4, 0.5) is 18.9 Å². The number of hydrogen-bond acceptors (Lipinski definition) is 3. The summed E-state index contributed by atoms with van der Waals surface area (Å²) in [6.07, 6.45) is -5.34. The Bertz CT molecular complexity index is 824. The SMILES string of the molecule is CC(Sc1ccccc1C(=O)Nc1cccc(CCC(F)(F)F)c1)C(=O)O. The minimum atomic E-state index is -4.24. The zero-order valence-corrected chi connectivity index (χ0v) is 15.2. The van der Waals surface area contributed by atoms with E-state index >= 15 is 0 Å². The molecule has 0 saturated carbocycles. The number of nitrogens with one attached hydrogen (secondary N) is 1. The van der Waals surface area contributed by atoms with Gasteiger partial charge in [-0.1, -0.05) is 24.3 Å². The van der Waals surface area contributed by atoms with Gasteiger partial charge in [-0.2, -0.15) is 13.2 Å². The van der Waals surface area contributed by atoms with Crippen LogP contribution in [0.2, 0.25) is 0 Å². The van der Waals surface area contributed by atoms with Crippen LogP contribution in [0.1, 0.15) is 29.3 Å². The number of carboxylic acids is 1. The second-order valence-electron chi connectivity index (χ2n) is 5.86. The molecule has 0 radical (unpaired) electrons. The first-order valence-corrected chi connectivity index (χ1v) is 8.99. The molecule has 0 aromatic heterocycles. The summed E-state index contributed by atoms with van der Waals surface area (Å²) in [7, 11) is 0. The highest BCUT2D eigenvalue weighted by molar-refractivity contribution is 8.00. The topological polar surface area (TPSA) is 66.4 Å². The number of halogens is 3. The summed E-state index contributed by atoms with van der Waals surface area (Å²) < 4.78 is 37.1. The van der Waals surface area contributed by atoms with Crippen molar-refractivity contribution in [2.45, 2.75) is 36.1 Å². The molecule has 0 fully saturated rings. The van der Waals surface area contributed by atoms with Gasteiger partial charge in [0, 0.05) is 17.0 Å². The smallest absolute Gasteiger partial charge is 0.389 e. The van der Waals surface area contributed by atoms with Gasteiger partial charge in [0.1, 0.15) is 5.25 Å². The van der Waals surface area contributed by atoms with Gasteiger partial charge in [0.2, 0.25) is 0 Å². The van der Waals surface area contributed by atoms with Crippen molar-refractivity contribution >= 4 is 29.3 Å². The summed E-state index contributed by atoms with van der Waals surface area (Å²) in [6.45, 7) is 1.52. The molecule has 0 aliphatic heterocycles. The lowest BCUT2D eigenvalue weighted by atomic mass is 10.1. The van der Waals surface area contributed by atoms with Crippen molar-refractivity contribution in [3.63, 3.8) is 0 Å². The number of amides is 1. The number of carboxylic acid groups (broad SMARTS) is 1. The Labute approximate surface area is 158 Å². The van der Waals surface area contributed by atoms with Gasteiger partial charge in [-0.25, -0.2) is 0 Å². The quantitative estimate of drug-likeness (QED) is 0.646. The fourth-order valence-corrected chi connectivity index (χ4v) is 3.21. The lowest BCUT2D eigenvalue weighted by Gasteiger charge is -2.12. The predicted octanol–water partition coefficient (Wildman–Crippen LogP) is 5.00. The molecule has 2 aromatic rings. The maximum atomic E-state index is 12.6. The number of carbonyl (C=O) groups is 2. The maximum Gasteiger partial charge on any atom is 0.389 e. The van der Waals surface area contributed by atoms with Crippen LogP contribution in [0.25, 0.3) is 0 Å². The highest BCUT2D eigenvalue weighted by Crippen LogP contribution is 2.28. The zero-order valence-electron chi connectivity index (χ0n) is 14.4. The van der Waals surface area contributed by atoms with Gasteiger partial charge >= 0.3 is 12.1 Å². The maximum absolute atomic E-state index is 12.6. The third-order valence-corrected chi connectivity index (χ3v) is 4.83. The molecule has 27 heavy (non-hydrogen) atoms. The first kappa shape index (κ1) is 20.8. The summed E-state index contributed by atoms with van der Waals surface area (Å²) in [5.74, 6) is -1.45. The minimum absolute atomic E-state index is 0.171. The number of aliphatic carboxylic acids is 1. The number of aryl methyl sites for hydroxylation is 1. The largest absolute Gasteiger partial charge is 0.480 e. The summed E-state index contributed by atoms with van der Waals surface area (Å²) in [5.41, 5.74) is 1.15. The van der Waals surface area contributed by atoms with Crippen molar-refractivity contribution in [1.29, 1.82) is 0 Å². The summed E-state index contributed by atoms with van der Waals surface area (Å²) in [4.78, 5) is 24.1.